The van der Waals surface area contributed by atoms with E-state index in [0.717, 1.165) is 23.9 Å². The molecule has 0 fully saturated rings. The van der Waals surface area contributed by atoms with Gasteiger partial charge in [0.05, 0.1) is 26.2 Å². The molecule has 0 aromatic carbocycles. The molecular weight excluding hydrogens is 414 g/mol. The Labute approximate surface area is 216 Å². The quantitative estimate of drug-likeness (QED) is 0.0670. The van der Waals surface area contributed by atoms with Gasteiger partial charge in [0.1, 0.15) is 0 Å². The first-order valence-electron chi connectivity index (χ1n) is 15.7. The third-order valence-electron chi connectivity index (χ3n) is 8.04. The molecule has 0 aliphatic heterocycles. The predicted octanol–water partition coefficient (Wildman–Crippen LogP) is 9.99. The molecule has 2 atom stereocenters. The maximum atomic E-state index is 9.49. The number of likely N-dealkylation sites (N-methyl/N-ethyl adjacent to an activating group) is 1. The molecule has 0 saturated heterocycles. The monoisotopic (exact) mass is 481 g/mol. The zero-order chi connectivity index (χ0) is 25.2. The van der Waals surface area contributed by atoms with Crippen LogP contribution in [0.1, 0.15) is 162 Å². The van der Waals surface area contributed by atoms with Gasteiger partial charge in [-0.2, -0.15) is 0 Å². The van der Waals surface area contributed by atoms with Crippen LogP contribution >= 0.6 is 0 Å². The van der Waals surface area contributed by atoms with Crippen molar-refractivity contribution in [2.24, 2.45) is 0 Å². The van der Waals surface area contributed by atoms with Crippen molar-refractivity contribution in [1.29, 1.82) is 0 Å². The maximum Gasteiger partial charge on any atom is 0.0971 e. The molecule has 0 aromatic rings. The topological polar surface area (TPSA) is 20.2 Å². The van der Waals surface area contributed by atoms with Gasteiger partial charge in [0.15, 0.2) is 0 Å². The number of aliphatic hydroxyl groups is 1. The molecule has 0 saturated carbocycles. The zero-order valence-corrected chi connectivity index (χ0v) is 24.1. The van der Waals surface area contributed by atoms with E-state index in [9.17, 15) is 5.11 Å². The number of rotatable bonds is 28. The van der Waals surface area contributed by atoms with Crippen LogP contribution in [0.25, 0.3) is 0 Å². The van der Waals surface area contributed by atoms with Gasteiger partial charge in [0, 0.05) is 13.0 Å². The highest BCUT2D eigenvalue weighted by Crippen LogP contribution is 2.24. The predicted molar refractivity (Wildman–Crippen MR) is 155 cm³/mol. The summed E-state index contributed by atoms with van der Waals surface area (Å²) in [6.45, 7) is 11.4. The van der Waals surface area contributed by atoms with Crippen LogP contribution in [0, 0.1) is 0 Å². The van der Waals surface area contributed by atoms with Crippen LogP contribution in [0.5, 0.6) is 0 Å². The van der Waals surface area contributed by atoms with E-state index in [2.05, 4.69) is 33.6 Å². The van der Waals surface area contributed by atoms with E-state index in [0.29, 0.717) is 12.6 Å². The Morgan fingerprint density at radius 2 is 0.971 bits per heavy atom. The fourth-order valence-corrected chi connectivity index (χ4v) is 5.64. The molecule has 0 amide bonds. The molecule has 0 aliphatic carbocycles. The lowest BCUT2D eigenvalue weighted by Crippen LogP contribution is -2.53. The molecule has 0 bridgehead atoms. The lowest BCUT2D eigenvalue weighted by Gasteiger charge is -2.41. The molecular formula is C32H66NO+. The molecule has 34 heavy (non-hydrogen) atoms. The molecule has 1 N–H and O–H groups in total. The SMILES string of the molecule is C=CC[N+](C)(CCCCCCCCCCCC)C(CCCO)CCCCCCCCCCCC. The number of hydrogen-bond donors (Lipinski definition) is 1. The van der Waals surface area contributed by atoms with E-state index >= 15 is 0 Å². The van der Waals surface area contributed by atoms with Crippen molar-refractivity contribution >= 4 is 0 Å². The molecule has 2 nitrogen and oxygen atoms in total. The summed E-state index contributed by atoms with van der Waals surface area (Å²) in [4.78, 5) is 0. The van der Waals surface area contributed by atoms with Gasteiger partial charge < -0.3 is 9.59 Å². The van der Waals surface area contributed by atoms with Gasteiger partial charge >= 0.3 is 0 Å². The number of aliphatic hydroxyl groups excluding tert-OH is 1. The van der Waals surface area contributed by atoms with E-state index < -0.39 is 0 Å². The molecule has 0 rings (SSSR count). The maximum absolute atomic E-state index is 9.49. The van der Waals surface area contributed by atoms with Crippen LogP contribution in [0.4, 0.5) is 0 Å². The smallest absolute Gasteiger partial charge is 0.0971 e. The zero-order valence-electron chi connectivity index (χ0n) is 24.1. The van der Waals surface area contributed by atoms with Crippen molar-refractivity contribution in [2.45, 2.75) is 168 Å². The molecule has 0 spiro atoms. The minimum atomic E-state index is 0.334. The third kappa shape index (κ3) is 19.9. The second-order valence-electron chi connectivity index (χ2n) is 11.3. The molecule has 204 valence electrons. The second kappa shape index (κ2) is 25.7. The van der Waals surface area contributed by atoms with Crippen LogP contribution in [0.15, 0.2) is 12.7 Å². The third-order valence-corrected chi connectivity index (χ3v) is 8.04. The molecule has 0 heterocycles. The average molecular weight is 481 g/mol. The Kier molecular flexibility index (Phi) is 25.5. The highest BCUT2D eigenvalue weighted by Gasteiger charge is 2.30. The van der Waals surface area contributed by atoms with Crippen molar-refractivity contribution in [2.75, 3.05) is 26.7 Å². The van der Waals surface area contributed by atoms with Crippen LogP contribution < -0.4 is 0 Å². The summed E-state index contributed by atoms with van der Waals surface area (Å²) >= 11 is 0. The van der Waals surface area contributed by atoms with E-state index in [4.69, 9.17) is 0 Å². The summed E-state index contributed by atoms with van der Waals surface area (Å²) in [5, 5.41) is 9.49. The summed E-state index contributed by atoms with van der Waals surface area (Å²) in [5.74, 6) is 0. The standard InChI is InChI=1S/C32H66NO/c1-5-8-10-12-14-16-18-20-22-24-27-32(28-26-31-34)33(4,29-7-3)30-25-23-21-19-17-15-13-11-9-6-2/h7,32,34H,3,5-6,8-31H2,1-2,4H3/q+1. The van der Waals surface area contributed by atoms with Gasteiger partial charge in [-0.3, -0.25) is 0 Å². The van der Waals surface area contributed by atoms with E-state index in [1.165, 1.54) is 141 Å². The van der Waals surface area contributed by atoms with Crippen LogP contribution in [0.2, 0.25) is 0 Å². The minimum Gasteiger partial charge on any atom is -0.396 e. The van der Waals surface area contributed by atoms with Crippen LogP contribution in [-0.4, -0.2) is 42.4 Å². The van der Waals surface area contributed by atoms with Gasteiger partial charge in [0.2, 0.25) is 0 Å². The second-order valence-corrected chi connectivity index (χ2v) is 11.3. The highest BCUT2D eigenvalue weighted by molar-refractivity contribution is 4.70. The normalized spacial score (nSPS) is 14.2. The first kappa shape index (κ1) is 33.7. The fraction of sp³-hybridized carbons (Fsp3) is 0.938. The number of hydrogen-bond acceptors (Lipinski definition) is 1. The summed E-state index contributed by atoms with van der Waals surface area (Å²) in [5.41, 5.74) is 0. The van der Waals surface area contributed by atoms with E-state index in [1.807, 2.05) is 0 Å². The Morgan fingerprint density at radius 1 is 0.588 bits per heavy atom. The number of unbranched alkanes of at least 4 members (excludes halogenated alkanes) is 18. The van der Waals surface area contributed by atoms with Crippen molar-refractivity contribution in [3.63, 3.8) is 0 Å². The van der Waals surface area contributed by atoms with Crippen LogP contribution in [-0.2, 0) is 0 Å². The lowest BCUT2D eigenvalue weighted by atomic mass is 9.97. The van der Waals surface area contributed by atoms with E-state index in [-0.39, 0.29) is 0 Å². The summed E-state index contributed by atoms with van der Waals surface area (Å²) in [7, 11) is 2.47. The van der Waals surface area contributed by atoms with Gasteiger partial charge in [-0.1, -0.05) is 130 Å². The Bertz CT molecular complexity index is 410. The summed E-state index contributed by atoms with van der Waals surface area (Å²) < 4.78 is 1.14. The molecule has 2 heteroatoms. The van der Waals surface area contributed by atoms with Crippen molar-refractivity contribution < 1.29 is 9.59 Å². The largest absolute Gasteiger partial charge is 0.396 e. The van der Waals surface area contributed by atoms with Crippen molar-refractivity contribution in [3.8, 4) is 0 Å². The van der Waals surface area contributed by atoms with Crippen molar-refractivity contribution in [3.05, 3.63) is 12.7 Å². The average Bonchev–Trinajstić information content (AvgIpc) is 2.83. The highest BCUT2D eigenvalue weighted by atomic mass is 16.2. The summed E-state index contributed by atoms with van der Waals surface area (Å²) in [6.07, 6.45) is 33.7. The molecule has 0 aromatic heterocycles. The minimum absolute atomic E-state index is 0.334. The van der Waals surface area contributed by atoms with Gasteiger partial charge in [-0.25, -0.2) is 0 Å². The fourth-order valence-electron chi connectivity index (χ4n) is 5.64. The Hall–Kier alpha value is -0.340. The van der Waals surface area contributed by atoms with Gasteiger partial charge in [-0.15, -0.1) is 0 Å². The molecule has 0 radical (unpaired) electrons. The van der Waals surface area contributed by atoms with E-state index in [1.54, 1.807) is 0 Å². The lowest BCUT2D eigenvalue weighted by molar-refractivity contribution is -0.929. The van der Waals surface area contributed by atoms with Gasteiger partial charge in [0.25, 0.3) is 0 Å². The summed E-state index contributed by atoms with van der Waals surface area (Å²) in [6, 6.07) is 0.678. The first-order chi connectivity index (χ1) is 16.6. The van der Waals surface area contributed by atoms with Gasteiger partial charge in [-0.05, 0) is 38.2 Å². The van der Waals surface area contributed by atoms with Crippen molar-refractivity contribution in [1.82, 2.24) is 0 Å². The van der Waals surface area contributed by atoms with Crippen LogP contribution in [0.3, 0.4) is 0 Å². The first-order valence-corrected chi connectivity index (χ1v) is 15.7. The Balaban J connectivity index is 4.21. The Morgan fingerprint density at radius 3 is 1.38 bits per heavy atom. The molecule has 2 unspecified atom stereocenters. The number of quaternary nitrogens is 1. The molecule has 0 aliphatic rings. The number of nitrogens with zero attached hydrogens (tertiary/aromatic N) is 1.